The number of hydrogen-bond donors (Lipinski definition) is 2. The van der Waals surface area contributed by atoms with Crippen molar-refractivity contribution in [2.75, 3.05) is 12.4 Å². The van der Waals surface area contributed by atoms with Crippen molar-refractivity contribution in [1.82, 2.24) is 10.3 Å². The monoisotopic (exact) mass is 431 g/mol. The predicted molar refractivity (Wildman–Crippen MR) is 126 cm³/mol. The van der Waals surface area contributed by atoms with E-state index in [2.05, 4.69) is 22.5 Å². The first-order valence-electron chi connectivity index (χ1n) is 9.82. The normalized spacial score (nSPS) is 10.6. The van der Waals surface area contributed by atoms with Crippen molar-refractivity contribution < 1.29 is 13.9 Å². The van der Waals surface area contributed by atoms with Crippen LogP contribution in [0.3, 0.4) is 0 Å². The number of anilines is 1. The molecule has 0 bridgehead atoms. The Morgan fingerprint density at radius 2 is 1.90 bits per heavy atom. The maximum absolute atomic E-state index is 12.4. The Morgan fingerprint density at radius 3 is 2.65 bits per heavy atom. The van der Waals surface area contributed by atoms with Gasteiger partial charge in [0.25, 0.3) is 5.91 Å². The first kappa shape index (κ1) is 20.6. The van der Waals surface area contributed by atoms with Crippen LogP contribution < -0.4 is 15.4 Å². The van der Waals surface area contributed by atoms with Gasteiger partial charge in [-0.3, -0.25) is 10.1 Å². The van der Waals surface area contributed by atoms with E-state index in [1.165, 1.54) is 5.56 Å². The maximum Gasteiger partial charge on any atom is 0.257 e. The average molecular weight is 432 g/mol. The third-order valence-electron chi connectivity index (χ3n) is 4.81. The van der Waals surface area contributed by atoms with Crippen molar-refractivity contribution in [3.63, 3.8) is 0 Å². The number of methoxy groups -OCH3 is 1. The second-order valence-electron chi connectivity index (χ2n) is 6.89. The van der Waals surface area contributed by atoms with E-state index in [4.69, 9.17) is 21.4 Å². The number of fused-ring (bicyclic) bond motifs is 1. The smallest absolute Gasteiger partial charge is 0.257 e. The number of benzene rings is 3. The molecular weight excluding hydrogens is 410 g/mol. The fraction of sp³-hybridized carbons (Fsp3) is 0.125. The molecule has 0 unspecified atom stereocenters. The van der Waals surface area contributed by atoms with Crippen LogP contribution in [0.25, 0.3) is 22.6 Å². The molecule has 3 aromatic carbocycles. The van der Waals surface area contributed by atoms with Gasteiger partial charge in [0.2, 0.25) is 5.89 Å². The third kappa shape index (κ3) is 4.73. The summed E-state index contributed by atoms with van der Waals surface area (Å²) >= 11 is 5.26. The van der Waals surface area contributed by atoms with Gasteiger partial charge < -0.3 is 14.5 Å². The highest BCUT2D eigenvalue weighted by Gasteiger charge is 2.11. The summed E-state index contributed by atoms with van der Waals surface area (Å²) in [6.07, 6.45) is 0.951. The van der Waals surface area contributed by atoms with Crippen LogP contribution in [0.1, 0.15) is 22.8 Å². The number of nitrogens with one attached hydrogen (secondary N) is 2. The summed E-state index contributed by atoms with van der Waals surface area (Å²) in [5.74, 6) is 0.849. The number of carbonyl (C=O) groups is 1. The van der Waals surface area contributed by atoms with E-state index in [0.717, 1.165) is 28.8 Å². The summed E-state index contributed by atoms with van der Waals surface area (Å²) in [7, 11) is 1.55. The largest absolute Gasteiger partial charge is 0.497 e. The molecule has 4 aromatic rings. The number of aryl methyl sites for hydroxylation is 1. The van der Waals surface area contributed by atoms with Crippen LogP contribution in [0.5, 0.6) is 5.75 Å². The fourth-order valence-electron chi connectivity index (χ4n) is 3.11. The van der Waals surface area contributed by atoms with Gasteiger partial charge in [0.15, 0.2) is 10.7 Å². The highest BCUT2D eigenvalue weighted by Crippen LogP contribution is 2.26. The molecule has 0 aliphatic rings. The molecule has 4 rings (SSSR count). The van der Waals surface area contributed by atoms with Gasteiger partial charge in [-0.2, -0.15) is 0 Å². The number of hydrogen-bond acceptors (Lipinski definition) is 5. The van der Waals surface area contributed by atoms with Gasteiger partial charge in [-0.15, -0.1) is 0 Å². The number of aromatic nitrogens is 1. The van der Waals surface area contributed by atoms with E-state index in [1.54, 1.807) is 31.4 Å². The summed E-state index contributed by atoms with van der Waals surface area (Å²) in [4.78, 5) is 17.0. The van der Waals surface area contributed by atoms with Crippen molar-refractivity contribution in [3.05, 3.63) is 77.9 Å². The molecule has 0 atom stereocenters. The summed E-state index contributed by atoms with van der Waals surface area (Å²) in [6.45, 7) is 2.11. The maximum atomic E-state index is 12.4. The number of oxazole rings is 1. The Bertz CT molecular complexity index is 1250. The molecule has 0 radical (unpaired) electrons. The average Bonchev–Trinajstić information content (AvgIpc) is 3.22. The van der Waals surface area contributed by atoms with E-state index in [0.29, 0.717) is 17.2 Å². The minimum atomic E-state index is -0.314. The summed E-state index contributed by atoms with van der Waals surface area (Å²) in [5.41, 5.74) is 4.88. The van der Waals surface area contributed by atoms with E-state index >= 15 is 0 Å². The standard InChI is InChI=1S/C24H21N3O3S/c1-3-15-7-12-21-20(13-15)26-23(30-21)16-8-10-18(11-9-16)25-24(31)27-22(28)17-5-4-6-19(14-17)29-2/h4-14H,3H2,1-2H3,(H2,25,27,28,31). The van der Waals surface area contributed by atoms with Crippen LogP contribution in [0.2, 0.25) is 0 Å². The van der Waals surface area contributed by atoms with Gasteiger partial charge >= 0.3 is 0 Å². The zero-order chi connectivity index (χ0) is 21.8. The van der Waals surface area contributed by atoms with Crippen molar-refractivity contribution in [2.24, 2.45) is 0 Å². The van der Waals surface area contributed by atoms with Gasteiger partial charge in [0, 0.05) is 16.8 Å². The number of rotatable bonds is 5. The van der Waals surface area contributed by atoms with Gasteiger partial charge in [0.05, 0.1) is 7.11 Å². The lowest BCUT2D eigenvalue weighted by Gasteiger charge is -2.10. The molecule has 1 aromatic heterocycles. The Kier molecular flexibility index (Phi) is 5.95. The van der Waals surface area contributed by atoms with Crippen molar-refractivity contribution >= 4 is 40.0 Å². The summed E-state index contributed by atoms with van der Waals surface area (Å²) in [6, 6.07) is 20.4. The van der Waals surface area contributed by atoms with E-state index in [1.807, 2.05) is 42.5 Å². The zero-order valence-corrected chi connectivity index (χ0v) is 18.0. The molecule has 156 valence electrons. The predicted octanol–water partition coefficient (Wildman–Crippen LogP) is 5.19. The Morgan fingerprint density at radius 1 is 1.10 bits per heavy atom. The molecule has 2 N–H and O–H groups in total. The quantitative estimate of drug-likeness (QED) is 0.424. The van der Waals surface area contributed by atoms with Crippen molar-refractivity contribution in [1.29, 1.82) is 0 Å². The van der Waals surface area contributed by atoms with Gasteiger partial charge in [0.1, 0.15) is 11.3 Å². The highest BCUT2D eigenvalue weighted by molar-refractivity contribution is 7.80. The highest BCUT2D eigenvalue weighted by atomic mass is 32.1. The molecule has 0 aliphatic carbocycles. The van der Waals surface area contributed by atoms with Crippen LogP contribution in [0, 0.1) is 0 Å². The lowest BCUT2D eigenvalue weighted by molar-refractivity contribution is 0.0977. The van der Waals surface area contributed by atoms with E-state index in [9.17, 15) is 4.79 Å². The number of amides is 1. The molecule has 0 spiro atoms. The molecular formula is C24H21N3O3S. The molecule has 0 aliphatic heterocycles. The molecule has 7 heteroatoms. The topological polar surface area (TPSA) is 76.4 Å². The van der Waals surface area contributed by atoms with Crippen LogP contribution in [0.15, 0.2) is 71.1 Å². The molecule has 1 heterocycles. The minimum Gasteiger partial charge on any atom is -0.497 e. The number of nitrogens with zero attached hydrogens (tertiary/aromatic N) is 1. The number of ether oxygens (including phenoxy) is 1. The summed E-state index contributed by atoms with van der Waals surface area (Å²) in [5, 5.41) is 5.88. The van der Waals surface area contributed by atoms with Gasteiger partial charge in [-0.05, 0) is 78.8 Å². The molecule has 0 fully saturated rings. The Balaban J connectivity index is 1.42. The lowest BCUT2D eigenvalue weighted by atomic mass is 10.1. The number of thiocarbonyl (C=S) groups is 1. The van der Waals surface area contributed by atoms with E-state index < -0.39 is 0 Å². The van der Waals surface area contributed by atoms with Crippen molar-refractivity contribution in [3.8, 4) is 17.2 Å². The molecule has 0 saturated carbocycles. The molecule has 1 amide bonds. The fourth-order valence-corrected chi connectivity index (χ4v) is 3.33. The van der Waals surface area contributed by atoms with Crippen LogP contribution in [-0.4, -0.2) is 23.1 Å². The lowest BCUT2D eigenvalue weighted by Crippen LogP contribution is -2.34. The second-order valence-corrected chi connectivity index (χ2v) is 7.30. The van der Waals surface area contributed by atoms with Gasteiger partial charge in [-0.25, -0.2) is 4.98 Å². The van der Waals surface area contributed by atoms with Crippen molar-refractivity contribution in [2.45, 2.75) is 13.3 Å². The number of carbonyl (C=O) groups excluding carboxylic acids is 1. The van der Waals surface area contributed by atoms with Crippen LogP contribution in [-0.2, 0) is 6.42 Å². The first-order chi connectivity index (χ1) is 15.1. The zero-order valence-electron chi connectivity index (χ0n) is 17.1. The Hall–Kier alpha value is -3.71. The molecule has 0 saturated heterocycles. The first-order valence-corrected chi connectivity index (χ1v) is 10.2. The van der Waals surface area contributed by atoms with E-state index in [-0.39, 0.29) is 11.0 Å². The molecule has 6 nitrogen and oxygen atoms in total. The molecule has 31 heavy (non-hydrogen) atoms. The van der Waals surface area contributed by atoms with Gasteiger partial charge in [-0.1, -0.05) is 19.1 Å². The Labute approximate surface area is 185 Å². The third-order valence-corrected chi connectivity index (χ3v) is 5.01. The summed E-state index contributed by atoms with van der Waals surface area (Å²) < 4.78 is 11.0. The SMILES string of the molecule is CCc1ccc2oc(-c3ccc(NC(=S)NC(=O)c4cccc(OC)c4)cc3)nc2c1. The van der Waals surface area contributed by atoms with Crippen LogP contribution in [0.4, 0.5) is 5.69 Å². The minimum absolute atomic E-state index is 0.203. The van der Waals surface area contributed by atoms with Crippen LogP contribution >= 0.6 is 12.2 Å². The second kappa shape index (κ2) is 8.97.